The maximum absolute atomic E-state index is 4.31. The smallest absolute Gasteiger partial charge is 0.146 e. The van der Waals surface area contributed by atoms with Gasteiger partial charge in [-0.15, -0.1) is 11.3 Å². The van der Waals surface area contributed by atoms with E-state index in [-0.39, 0.29) is 0 Å². The number of fused-ring (bicyclic) bond motifs is 1. The molecule has 0 fully saturated rings. The first-order valence-electron chi connectivity index (χ1n) is 5.25. The van der Waals surface area contributed by atoms with Crippen molar-refractivity contribution >= 4 is 21.6 Å². The predicted molar refractivity (Wildman–Crippen MR) is 67.3 cm³/mol. The Morgan fingerprint density at radius 1 is 1.35 bits per heavy atom. The van der Waals surface area contributed by atoms with Crippen LogP contribution in [0, 0.1) is 0 Å². The highest BCUT2D eigenvalue weighted by Crippen LogP contribution is 2.20. The molecule has 2 aromatic heterocycles. The van der Waals surface area contributed by atoms with Gasteiger partial charge in [-0.3, -0.25) is 0 Å². The molecule has 0 spiro atoms. The van der Waals surface area contributed by atoms with Gasteiger partial charge in [0.2, 0.25) is 0 Å². The number of thiazole rings is 1. The summed E-state index contributed by atoms with van der Waals surface area (Å²) in [6.45, 7) is 0.690. The molecule has 17 heavy (non-hydrogen) atoms. The molecule has 0 unspecified atom stereocenters. The van der Waals surface area contributed by atoms with Gasteiger partial charge in [-0.2, -0.15) is 5.10 Å². The summed E-state index contributed by atoms with van der Waals surface area (Å²) in [6, 6.07) is 6.13. The molecule has 6 heteroatoms. The lowest BCUT2D eigenvalue weighted by atomic mass is 10.3. The van der Waals surface area contributed by atoms with E-state index in [0.29, 0.717) is 6.54 Å². The SMILES string of the molecule is CNCc1ncnn1-c1ccc2scnc2c1. The Morgan fingerprint density at radius 3 is 3.18 bits per heavy atom. The number of hydrogen-bond donors (Lipinski definition) is 1. The number of rotatable bonds is 3. The van der Waals surface area contributed by atoms with Gasteiger partial charge in [-0.1, -0.05) is 0 Å². The molecule has 0 saturated heterocycles. The lowest BCUT2D eigenvalue weighted by Crippen LogP contribution is -2.12. The molecule has 1 aromatic carbocycles. The minimum Gasteiger partial charge on any atom is -0.313 e. The van der Waals surface area contributed by atoms with Gasteiger partial charge < -0.3 is 5.32 Å². The molecule has 86 valence electrons. The van der Waals surface area contributed by atoms with E-state index >= 15 is 0 Å². The van der Waals surface area contributed by atoms with Crippen LogP contribution < -0.4 is 5.32 Å². The van der Waals surface area contributed by atoms with Crippen LogP contribution in [0.3, 0.4) is 0 Å². The zero-order valence-corrected chi connectivity index (χ0v) is 10.1. The average molecular weight is 245 g/mol. The highest BCUT2D eigenvalue weighted by atomic mass is 32.1. The second-order valence-corrected chi connectivity index (χ2v) is 4.51. The Bertz CT molecular complexity index is 642. The van der Waals surface area contributed by atoms with Crippen LogP contribution in [-0.4, -0.2) is 26.8 Å². The summed E-state index contributed by atoms with van der Waals surface area (Å²) < 4.78 is 3.01. The van der Waals surface area contributed by atoms with Crippen LogP contribution >= 0.6 is 11.3 Å². The number of aromatic nitrogens is 4. The molecule has 1 N–H and O–H groups in total. The lowest BCUT2D eigenvalue weighted by molar-refractivity contribution is 0.712. The van der Waals surface area contributed by atoms with E-state index in [2.05, 4.69) is 26.4 Å². The Hall–Kier alpha value is -1.79. The molecule has 0 saturated carbocycles. The quantitative estimate of drug-likeness (QED) is 0.761. The highest BCUT2D eigenvalue weighted by molar-refractivity contribution is 7.16. The van der Waals surface area contributed by atoms with Crippen molar-refractivity contribution in [2.45, 2.75) is 6.54 Å². The van der Waals surface area contributed by atoms with Crippen molar-refractivity contribution < 1.29 is 0 Å². The zero-order chi connectivity index (χ0) is 11.7. The monoisotopic (exact) mass is 245 g/mol. The summed E-state index contributed by atoms with van der Waals surface area (Å²) in [5, 5.41) is 7.31. The van der Waals surface area contributed by atoms with Crippen LogP contribution in [0.1, 0.15) is 5.82 Å². The van der Waals surface area contributed by atoms with Gasteiger partial charge in [0.05, 0.1) is 28.0 Å². The molecule has 0 bridgehead atoms. The molecule has 0 aliphatic rings. The largest absolute Gasteiger partial charge is 0.313 e. The van der Waals surface area contributed by atoms with E-state index in [1.807, 2.05) is 29.4 Å². The molecule has 0 amide bonds. The van der Waals surface area contributed by atoms with Crippen molar-refractivity contribution in [3.63, 3.8) is 0 Å². The molecule has 3 rings (SSSR count). The van der Waals surface area contributed by atoms with Crippen molar-refractivity contribution in [1.29, 1.82) is 0 Å². The second kappa shape index (κ2) is 4.23. The average Bonchev–Trinajstić information content (AvgIpc) is 2.96. The molecule has 3 aromatic rings. The van der Waals surface area contributed by atoms with Crippen LogP contribution in [0.2, 0.25) is 0 Å². The molecule has 2 heterocycles. The van der Waals surface area contributed by atoms with E-state index in [1.165, 1.54) is 4.70 Å². The second-order valence-electron chi connectivity index (χ2n) is 3.62. The van der Waals surface area contributed by atoms with Crippen molar-refractivity contribution in [1.82, 2.24) is 25.1 Å². The van der Waals surface area contributed by atoms with Crippen LogP contribution in [0.15, 0.2) is 30.0 Å². The third kappa shape index (κ3) is 1.81. The van der Waals surface area contributed by atoms with E-state index in [1.54, 1.807) is 17.7 Å². The van der Waals surface area contributed by atoms with Crippen LogP contribution in [0.4, 0.5) is 0 Å². The van der Waals surface area contributed by atoms with E-state index in [4.69, 9.17) is 0 Å². The van der Waals surface area contributed by atoms with Crippen LogP contribution in [0.5, 0.6) is 0 Å². The lowest BCUT2D eigenvalue weighted by Gasteiger charge is -2.05. The van der Waals surface area contributed by atoms with Gasteiger partial charge in [0.1, 0.15) is 12.2 Å². The molecule has 0 radical (unpaired) electrons. The van der Waals surface area contributed by atoms with Crippen molar-refractivity contribution in [2.75, 3.05) is 7.05 Å². The normalized spacial score (nSPS) is 11.1. The summed E-state index contributed by atoms with van der Waals surface area (Å²) in [4.78, 5) is 8.53. The fourth-order valence-electron chi connectivity index (χ4n) is 1.74. The first-order chi connectivity index (χ1) is 8.38. The first-order valence-corrected chi connectivity index (χ1v) is 6.13. The molecular formula is C11H11N5S. The molecule has 5 nitrogen and oxygen atoms in total. The van der Waals surface area contributed by atoms with E-state index in [0.717, 1.165) is 17.0 Å². The third-order valence-electron chi connectivity index (χ3n) is 2.51. The topological polar surface area (TPSA) is 55.6 Å². The van der Waals surface area contributed by atoms with Crippen LogP contribution in [0.25, 0.3) is 15.9 Å². The Balaban J connectivity index is 2.09. The van der Waals surface area contributed by atoms with Gasteiger partial charge in [0.15, 0.2) is 0 Å². The minimum atomic E-state index is 0.690. The van der Waals surface area contributed by atoms with Gasteiger partial charge in [0.25, 0.3) is 0 Å². The first kappa shape index (κ1) is 10.4. The predicted octanol–water partition coefficient (Wildman–Crippen LogP) is 1.60. The van der Waals surface area contributed by atoms with Gasteiger partial charge >= 0.3 is 0 Å². The summed E-state index contributed by atoms with van der Waals surface area (Å²) in [6.07, 6.45) is 1.57. The summed E-state index contributed by atoms with van der Waals surface area (Å²) in [5.74, 6) is 0.891. The molecule has 0 aliphatic heterocycles. The van der Waals surface area contributed by atoms with Gasteiger partial charge in [-0.05, 0) is 25.2 Å². The fraction of sp³-hybridized carbons (Fsp3) is 0.182. The third-order valence-corrected chi connectivity index (χ3v) is 3.32. The maximum Gasteiger partial charge on any atom is 0.146 e. The summed E-state index contributed by atoms with van der Waals surface area (Å²) in [7, 11) is 1.89. The Kier molecular flexibility index (Phi) is 2.58. The molecule has 0 atom stereocenters. The van der Waals surface area contributed by atoms with Gasteiger partial charge in [0, 0.05) is 0 Å². The van der Waals surface area contributed by atoms with Crippen molar-refractivity contribution in [2.24, 2.45) is 0 Å². The number of nitrogens with zero attached hydrogens (tertiary/aromatic N) is 4. The standard InChI is InChI=1S/C11H11N5S/c1-12-5-11-13-6-15-16(11)8-2-3-10-9(4-8)14-7-17-10/h2-4,6-7,12H,5H2,1H3. The number of nitrogens with one attached hydrogen (secondary N) is 1. The summed E-state index contributed by atoms with van der Waals surface area (Å²) in [5.41, 5.74) is 3.84. The molecule has 0 aliphatic carbocycles. The number of hydrogen-bond acceptors (Lipinski definition) is 5. The van der Waals surface area contributed by atoms with Crippen molar-refractivity contribution in [3.05, 3.63) is 35.9 Å². The Morgan fingerprint density at radius 2 is 2.29 bits per heavy atom. The van der Waals surface area contributed by atoms with E-state index in [9.17, 15) is 0 Å². The van der Waals surface area contributed by atoms with Crippen LogP contribution in [-0.2, 0) is 6.54 Å². The minimum absolute atomic E-state index is 0.690. The zero-order valence-electron chi connectivity index (χ0n) is 9.29. The van der Waals surface area contributed by atoms with Crippen molar-refractivity contribution in [3.8, 4) is 5.69 Å². The maximum atomic E-state index is 4.31. The fourth-order valence-corrected chi connectivity index (χ4v) is 2.40. The Labute approximate surface area is 102 Å². The number of benzene rings is 1. The highest BCUT2D eigenvalue weighted by Gasteiger charge is 2.07. The van der Waals surface area contributed by atoms with E-state index < -0.39 is 0 Å². The van der Waals surface area contributed by atoms with Gasteiger partial charge in [-0.25, -0.2) is 14.6 Å². The molecular weight excluding hydrogens is 234 g/mol. The summed E-state index contributed by atoms with van der Waals surface area (Å²) >= 11 is 1.64.